The quantitative estimate of drug-likeness (QED) is 0.769. The van der Waals surface area contributed by atoms with Gasteiger partial charge in [-0.05, 0) is 29.6 Å². The molecule has 1 saturated carbocycles. The average Bonchev–Trinajstić information content (AvgIpc) is 2.92. The fraction of sp³-hybridized carbons (Fsp3) is 0.923. The Morgan fingerprint density at radius 3 is 2.19 bits per heavy atom. The summed E-state index contributed by atoms with van der Waals surface area (Å²) in [5.41, 5.74) is 6.09. The maximum Gasteiger partial charge on any atom is 0.237 e. The minimum absolute atomic E-state index is 0.0144. The van der Waals surface area contributed by atoms with Gasteiger partial charge in [0.25, 0.3) is 0 Å². The third-order valence-electron chi connectivity index (χ3n) is 3.95. The number of carbonyl (C=O) groups excluding carboxylic acids is 1. The van der Waals surface area contributed by atoms with Gasteiger partial charge < -0.3 is 11.1 Å². The minimum atomic E-state index is -0.421. The number of hydrogen-bond acceptors (Lipinski definition) is 2. The van der Waals surface area contributed by atoms with Crippen LogP contribution in [0.4, 0.5) is 0 Å². The molecule has 0 spiro atoms. The van der Waals surface area contributed by atoms with E-state index in [2.05, 4.69) is 19.2 Å². The number of amides is 1. The Labute approximate surface area is 99.2 Å². The molecule has 1 atom stereocenters. The van der Waals surface area contributed by atoms with Crippen LogP contribution in [-0.4, -0.2) is 18.5 Å². The van der Waals surface area contributed by atoms with Crippen LogP contribution in [0.15, 0.2) is 0 Å². The highest BCUT2D eigenvalue weighted by molar-refractivity contribution is 5.82. The van der Waals surface area contributed by atoms with Crippen molar-refractivity contribution in [2.75, 3.05) is 6.54 Å². The third kappa shape index (κ3) is 2.97. The maximum absolute atomic E-state index is 11.9. The second kappa shape index (κ2) is 4.36. The highest BCUT2D eigenvalue weighted by Gasteiger charge is 2.45. The van der Waals surface area contributed by atoms with Crippen LogP contribution < -0.4 is 11.1 Å². The van der Waals surface area contributed by atoms with E-state index in [1.807, 2.05) is 20.8 Å². The molecular weight excluding hydrogens is 200 g/mol. The summed E-state index contributed by atoms with van der Waals surface area (Å²) >= 11 is 0. The first kappa shape index (κ1) is 13.5. The van der Waals surface area contributed by atoms with E-state index in [4.69, 9.17) is 5.73 Å². The average molecular weight is 226 g/mol. The van der Waals surface area contributed by atoms with Crippen LogP contribution >= 0.6 is 0 Å². The molecule has 0 bridgehead atoms. The fourth-order valence-electron chi connectivity index (χ4n) is 1.89. The third-order valence-corrected chi connectivity index (χ3v) is 3.95. The lowest BCUT2D eigenvalue weighted by Crippen LogP contribution is -2.50. The number of nitrogens with two attached hydrogens (primary N) is 1. The Hall–Kier alpha value is -0.570. The summed E-state index contributed by atoms with van der Waals surface area (Å²) in [7, 11) is 0. The smallest absolute Gasteiger partial charge is 0.237 e. The van der Waals surface area contributed by atoms with E-state index in [-0.39, 0.29) is 11.3 Å². The van der Waals surface area contributed by atoms with E-state index in [9.17, 15) is 4.79 Å². The van der Waals surface area contributed by atoms with Gasteiger partial charge in [0.1, 0.15) is 0 Å². The Balaban J connectivity index is 2.42. The first-order valence-electron chi connectivity index (χ1n) is 6.22. The van der Waals surface area contributed by atoms with Crippen molar-refractivity contribution in [3.05, 3.63) is 0 Å². The number of hydrogen-bond donors (Lipinski definition) is 2. The molecule has 3 heteroatoms. The van der Waals surface area contributed by atoms with Crippen molar-refractivity contribution in [1.29, 1.82) is 0 Å². The first-order valence-corrected chi connectivity index (χ1v) is 6.22. The zero-order valence-electron chi connectivity index (χ0n) is 11.3. The molecule has 0 unspecified atom stereocenters. The monoisotopic (exact) mass is 226 g/mol. The first-order chi connectivity index (χ1) is 7.19. The topological polar surface area (TPSA) is 55.1 Å². The zero-order chi connectivity index (χ0) is 12.6. The van der Waals surface area contributed by atoms with Gasteiger partial charge in [0.05, 0.1) is 6.04 Å². The SMILES string of the molecule is CC(C)C1(CNC(=O)[C@@H](N)C(C)(C)C)CC1. The molecule has 0 heterocycles. The molecule has 0 aromatic carbocycles. The Kier molecular flexibility index (Phi) is 3.68. The second-order valence-electron chi connectivity index (χ2n) is 6.58. The Morgan fingerprint density at radius 1 is 1.38 bits per heavy atom. The molecule has 1 aliphatic rings. The van der Waals surface area contributed by atoms with Gasteiger partial charge in [-0.3, -0.25) is 4.79 Å². The molecule has 0 aromatic rings. The summed E-state index contributed by atoms with van der Waals surface area (Å²) in [5, 5.41) is 3.01. The summed E-state index contributed by atoms with van der Waals surface area (Å²) < 4.78 is 0. The Morgan fingerprint density at radius 2 is 1.88 bits per heavy atom. The summed E-state index contributed by atoms with van der Waals surface area (Å²) in [4.78, 5) is 11.9. The fourth-order valence-corrected chi connectivity index (χ4v) is 1.89. The van der Waals surface area contributed by atoms with Crippen LogP contribution in [0.2, 0.25) is 0 Å². The zero-order valence-corrected chi connectivity index (χ0v) is 11.3. The summed E-state index contributed by atoms with van der Waals surface area (Å²) in [6.45, 7) is 11.2. The largest absolute Gasteiger partial charge is 0.354 e. The van der Waals surface area contributed by atoms with Gasteiger partial charge in [-0.15, -0.1) is 0 Å². The molecule has 1 fully saturated rings. The lowest BCUT2D eigenvalue weighted by atomic mass is 9.86. The highest BCUT2D eigenvalue weighted by atomic mass is 16.2. The molecule has 1 amide bonds. The van der Waals surface area contributed by atoms with Gasteiger partial charge in [-0.1, -0.05) is 34.6 Å². The van der Waals surface area contributed by atoms with Crippen LogP contribution in [0.3, 0.4) is 0 Å². The lowest BCUT2D eigenvalue weighted by Gasteiger charge is -2.27. The van der Waals surface area contributed by atoms with Gasteiger partial charge in [-0.25, -0.2) is 0 Å². The lowest BCUT2D eigenvalue weighted by molar-refractivity contribution is -0.124. The maximum atomic E-state index is 11.9. The predicted octanol–water partition coefficient (Wildman–Crippen LogP) is 1.91. The van der Waals surface area contributed by atoms with Crippen LogP contribution in [0.5, 0.6) is 0 Å². The molecule has 3 N–H and O–H groups in total. The van der Waals surface area contributed by atoms with Gasteiger partial charge in [-0.2, -0.15) is 0 Å². The summed E-state index contributed by atoms with van der Waals surface area (Å²) in [5.74, 6) is 0.623. The molecular formula is C13H26N2O. The Bertz CT molecular complexity index is 262. The van der Waals surface area contributed by atoms with Crippen molar-refractivity contribution >= 4 is 5.91 Å². The highest BCUT2D eigenvalue weighted by Crippen LogP contribution is 2.51. The van der Waals surface area contributed by atoms with Gasteiger partial charge in [0.15, 0.2) is 0 Å². The van der Waals surface area contributed by atoms with E-state index in [0.29, 0.717) is 11.3 Å². The number of nitrogens with one attached hydrogen (secondary N) is 1. The number of rotatable bonds is 4. The molecule has 1 aliphatic carbocycles. The van der Waals surface area contributed by atoms with Crippen LogP contribution in [-0.2, 0) is 4.79 Å². The molecule has 3 nitrogen and oxygen atoms in total. The van der Waals surface area contributed by atoms with E-state index in [0.717, 1.165) is 6.54 Å². The summed E-state index contributed by atoms with van der Waals surface area (Å²) in [6, 6.07) is -0.421. The molecule has 16 heavy (non-hydrogen) atoms. The number of carbonyl (C=O) groups is 1. The standard InChI is InChI=1S/C13H26N2O/c1-9(2)13(6-7-13)8-15-11(16)10(14)12(3,4)5/h9-10H,6-8,14H2,1-5H3,(H,15,16)/t10-/m1/s1. The second-order valence-corrected chi connectivity index (χ2v) is 6.58. The van der Waals surface area contributed by atoms with Crippen molar-refractivity contribution in [3.8, 4) is 0 Å². The van der Waals surface area contributed by atoms with Gasteiger partial charge >= 0.3 is 0 Å². The van der Waals surface area contributed by atoms with Crippen molar-refractivity contribution in [2.45, 2.75) is 53.5 Å². The summed E-state index contributed by atoms with van der Waals surface area (Å²) in [6.07, 6.45) is 2.46. The van der Waals surface area contributed by atoms with Crippen molar-refractivity contribution in [3.63, 3.8) is 0 Å². The van der Waals surface area contributed by atoms with Crippen molar-refractivity contribution < 1.29 is 4.79 Å². The van der Waals surface area contributed by atoms with Crippen molar-refractivity contribution in [1.82, 2.24) is 5.32 Å². The normalized spacial score (nSPS) is 20.7. The van der Waals surface area contributed by atoms with Crippen LogP contribution in [0, 0.1) is 16.7 Å². The van der Waals surface area contributed by atoms with E-state index in [1.54, 1.807) is 0 Å². The van der Waals surface area contributed by atoms with E-state index in [1.165, 1.54) is 12.8 Å². The molecule has 94 valence electrons. The predicted molar refractivity (Wildman–Crippen MR) is 66.9 cm³/mol. The molecule has 0 radical (unpaired) electrons. The molecule has 0 saturated heterocycles. The molecule has 1 rings (SSSR count). The van der Waals surface area contributed by atoms with Crippen molar-refractivity contribution in [2.24, 2.45) is 22.5 Å². The van der Waals surface area contributed by atoms with Gasteiger partial charge in [0, 0.05) is 6.54 Å². The van der Waals surface area contributed by atoms with Crippen LogP contribution in [0.25, 0.3) is 0 Å². The van der Waals surface area contributed by atoms with E-state index < -0.39 is 6.04 Å². The van der Waals surface area contributed by atoms with Gasteiger partial charge in [0.2, 0.25) is 5.91 Å². The molecule has 0 aliphatic heterocycles. The minimum Gasteiger partial charge on any atom is -0.354 e. The van der Waals surface area contributed by atoms with E-state index >= 15 is 0 Å². The van der Waals surface area contributed by atoms with Crippen LogP contribution in [0.1, 0.15) is 47.5 Å². The molecule has 0 aromatic heterocycles.